The lowest BCUT2D eigenvalue weighted by atomic mass is 10.2. The van der Waals surface area contributed by atoms with Crippen molar-refractivity contribution in [2.24, 2.45) is 5.73 Å². The third-order valence-electron chi connectivity index (χ3n) is 3.13. The molecule has 1 aromatic carbocycles. The van der Waals surface area contributed by atoms with Gasteiger partial charge in [0, 0.05) is 15.2 Å². The van der Waals surface area contributed by atoms with Crippen LogP contribution in [0.5, 0.6) is 0 Å². The number of hydrogen-bond donors (Lipinski definition) is 1. The number of hydrogen-bond acceptors (Lipinski definition) is 4. The Balaban J connectivity index is 1.83. The number of aryl methyl sites for hydroxylation is 1. The first-order valence-electron chi connectivity index (χ1n) is 6.60. The molecular formula is C15H15BrN2OS. The maximum absolute atomic E-state index is 5.85. The summed E-state index contributed by atoms with van der Waals surface area (Å²) in [6, 6.07) is 8.04. The van der Waals surface area contributed by atoms with Crippen molar-refractivity contribution in [2.45, 2.75) is 19.3 Å². The number of benzene rings is 1. The van der Waals surface area contributed by atoms with Gasteiger partial charge in [-0.15, -0.1) is 11.3 Å². The standard InChI is InChI=1S/C15H15BrN2OS/c16-11-4-5-13-10(7-11)8-14(19-13)12-9-20-15(18-12)3-1-2-6-17/h4-5,7-9H,1-3,6,17H2. The zero-order chi connectivity index (χ0) is 13.9. The molecule has 2 N–H and O–H groups in total. The Bertz CT molecular complexity index is 720. The largest absolute Gasteiger partial charge is 0.454 e. The summed E-state index contributed by atoms with van der Waals surface area (Å²) in [5.41, 5.74) is 7.32. The molecule has 0 radical (unpaired) electrons. The van der Waals surface area contributed by atoms with Crippen LogP contribution in [0.2, 0.25) is 0 Å². The Labute approximate surface area is 129 Å². The monoisotopic (exact) mass is 350 g/mol. The van der Waals surface area contributed by atoms with Crippen LogP contribution in [-0.4, -0.2) is 11.5 Å². The lowest BCUT2D eigenvalue weighted by Gasteiger charge is -1.94. The summed E-state index contributed by atoms with van der Waals surface area (Å²) in [6.45, 7) is 0.747. The van der Waals surface area contributed by atoms with Gasteiger partial charge in [-0.3, -0.25) is 0 Å². The van der Waals surface area contributed by atoms with Gasteiger partial charge in [-0.1, -0.05) is 15.9 Å². The first-order chi connectivity index (χ1) is 9.76. The summed E-state index contributed by atoms with van der Waals surface area (Å²) in [6.07, 6.45) is 3.14. The van der Waals surface area contributed by atoms with Gasteiger partial charge in [0.2, 0.25) is 0 Å². The van der Waals surface area contributed by atoms with E-state index in [9.17, 15) is 0 Å². The van der Waals surface area contributed by atoms with E-state index in [0.29, 0.717) is 0 Å². The molecule has 0 amide bonds. The van der Waals surface area contributed by atoms with E-state index in [-0.39, 0.29) is 0 Å². The summed E-state index contributed by atoms with van der Waals surface area (Å²) < 4.78 is 6.91. The van der Waals surface area contributed by atoms with Crippen LogP contribution in [0.4, 0.5) is 0 Å². The van der Waals surface area contributed by atoms with Crippen LogP contribution < -0.4 is 5.73 Å². The smallest absolute Gasteiger partial charge is 0.154 e. The number of unbranched alkanes of at least 4 members (excludes halogenated alkanes) is 1. The van der Waals surface area contributed by atoms with Gasteiger partial charge in [0.15, 0.2) is 5.76 Å². The number of nitrogens with two attached hydrogens (primary N) is 1. The molecule has 0 fully saturated rings. The highest BCUT2D eigenvalue weighted by Crippen LogP contribution is 2.30. The van der Waals surface area contributed by atoms with Crippen LogP contribution in [-0.2, 0) is 6.42 Å². The Hall–Kier alpha value is -1.17. The minimum atomic E-state index is 0.747. The fraction of sp³-hybridized carbons (Fsp3) is 0.267. The first kappa shape index (κ1) is 13.8. The van der Waals surface area contributed by atoms with Crippen LogP contribution in [0, 0.1) is 0 Å². The molecule has 3 aromatic rings. The lowest BCUT2D eigenvalue weighted by Crippen LogP contribution is -1.98. The molecule has 0 atom stereocenters. The highest BCUT2D eigenvalue weighted by atomic mass is 79.9. The molecular weight excluding hydrogens is 336 g/mol. The topological polar surface area (TPSA) is 52.0 Å². The van der Waals surface area contributed by atoms with Crippen LogP contribution in [0.25, 0.3) is 22.4 Å². The highest BCUT2D eigenvalue weighted by molar-refractivity contribution is 9.10. The average Bonchev–Trinajstić information content (AvgIpc) is 3.04. The molecule has 2 aromatic heterocycles. The van der Waals surface area contributed by atoms with E-state index in [0.717, 1.165) is 57.7 Å². The molecule has 0 saturated carbocycles. The van der Waals surface area contributed by atoms with Gasteiger partial charge < -0.3 is 10.2 Å². The predicted octanol–water partition coefficient (Wildman–Crippen LogP) is 4.60. The van der Waals surface area contributed by atoms with Crippen molar-refractivity contribution in [2.75, 3.05) is 6.54 Å². The summed E-state index contributed by atoms with van der Waals surface area (Å²) in [7, 11) is 0. The molecule has 0 aliphatic heterocycles. The Morgan fingerprint density at radius 1 is 1.25 bits per heavy atom. The van der Waals surface area contributed by atoms with Crippen molar-refractivity contribution < 1.29 is 4.42 Å². The fourth-order valence-electron chi connectivity index (χ4n) is 2.10. The van der Waals surface area contributed by atoms with Crippen LogP contribution in [0.1, 0.15) is 17.8 Å². The van der Waals surface area contributed by atoms with E-state index in [1.807, 2.05) is 18.2 Å². The van der Waals surface area contributed by atoms with Crippen LogP contribution in [0.15, 0.2) is 38.5 Å². The molecule has 104 valence electrons. The minimum Gasteiger partial charge on any atom is -0.454 e. The second-order valence-corrected chi connectivity index (χ2v) is 6.52. The van der Waals surface area contributed by atoms with E-state index in [2.05, 4.69) is 32.4 Å². The summed E-state index contributed by atoms with van der Waals surface area (Å²) in [5, 5.41) is 4.30. The molecule has 0 aliphatic carbocycles. The average molecular weight is 351 g/mol. The molecule has 3 nitrogen and oxygen atoms in total. The van der Waals surface area contributed by atoms with Crippen molar-refractivity contribution in [3.05, 3.63) is 39.1 Å². The number of aromatic nitrogens is 1. The molecule has 20 heavy (non-hydrogen) atoms. The number of halogens is 1. The Morgan fingerprint density at radius 2 is 2.15 bits per heavy atom. The predicted molar refractivity (Wildman–Crippen MR) is 87.0 cm³/mol. The minimum absolute atomic E-state index is 0.747. The summed E-state index contributed by atoms with van der Waals surface area (Å²) in [4.78, 5) is 4.64. The van der Waals surface area contributed by atoms with Gasteiger partial charge in [-0.05, 0) is 50.1 Å². The summed E-state index contributed by atoms with van der Waals surface area (Å²) in [5.74, 6) is 0.833. The molecule has 0 saturated heterocycles. The molecule has 0 bridgehead atoms. The van der Waals surface area contributed by atoms with E-state index in [1.165, 1.54) is 0 Å². The Morgan fingerprint density at radius 3 is 3.00 bits per heavy atom. The van der Waals surface area contributed by atoms with Gasteiger partial charge >= 0.3 is 0 Å². The van der Waals surface area contributed by atoms with Crippen molar-refractivity contribution in [3.63, 3.8) is 0 Å². The van der Waals surface area contributed by atoms with Crippen molar-refractivity contribution in [3.8, 4) is 11.5 Å². The summed E-state index contributed by atoms with van der Waals surface area (Å²) >= 11 is 5.16. The van der Waals surface area contributed by atoms with Crippen LogP contribution in [0.3, 0.4) is 0 Å². The second kappa shape index (κ2) is 6.08. The maximum Gasteiger partial charge on any atom is 0.154 e. The van der Waals surface area contributed by atoms with Crippen LogP contribution >= 0.6 is 27.3 Å². The third kappa shape index (κ3) is 2.95. The molecule has 5 heteroatoms. The zero-order valence-electron chi connectivity index (χ0n) is 10.9. The quantitative estimate of drug-likeness (QED) is 0.684. The first-order valence-corrected chi connectivity index (χ1v) is 8.27. The van der Waals surface area contributed by atoms with E-state index >= 15 is 0 Å². The number of furan rings is 1. The SMILES string of the molecule is NCCCCc1nc(-c2cc3cc(Br)ccc3o2)cs1. The molecule has 3 rings (SSSR count). The van der Waals surface area contributed by atoms with Gasteiger partial charge in [0.05, 0.1) is 5.01 Å². The number of nitrogens with zero attached hydrogens (tertiary/aromatic N) is 1. The van der Waals surface area contributed by atoms with E-state index in [4.69, 9.17) is 10.2 Å². The van der Waals surface area contributed by atoms with Gasteiger partial charge in [0.25, 0.3) is 0 Å². The fourth-order valence-corrected chi connectivity index (χ4v) is 3.31. The molecule has 0 aliphatic rings. The molecule has 0 unspecified atom stereocenters. The van der Waals surface area contributed by atoms with Crippen molar-refractivity contribution >= 4 is 38.2 Å². The van der Waals surface area contributed by atoms with Gasteiger partial charge in [-0.2, -0.15) is 0 Å². The lowest BCUT2D eigenvalue weighted by molar-refractivity contribution is 0.628. The molecule has 2 heterocycles. The Kier molecular flexibility index (Phi) is 4.19. The highest BCUT2D eigenvalue weighted by Gasteiger charge is 2.10. The second-order valence-electron chi connectivity index (χ2n) is 4.67. The molecule has 0 spiro atoms. The van der Waals surface area contributed by atoms with Gasteiger partial charge in [-0.25, -0.2) is 4.98 Å². The normalized spacial score (nSPS) is 11.3. The number of fused-ring (bicyclic) bond motifs is 1. The van der Waals surface area contributed by atoms with Crippen molar-refractivity contribution in [1.82, 2.24) is 4.98 Å². The van der Waals surface area contributed by atoms with E-state index in [1.54, 1.807) is 11.3 Å². The maximum atomic E-state index is 5.85. The third-order valence-corrected chi connectivity index (χ3v) is 4.53. The van der Waals surface area contributed by atoms with Gasteiger partial charge in [0.1, 0.15) is 11.3 Å². The van der Waals surface area contributed by atoms with E-state index < -0.39 is 0 Å². The number of thiazole rings is 1. The van der Waals surface area contributed by atoms with Crippen molar-refractivity contribution in [1.29, 1.82) is 0 Å². The number of rotatable bonds is 5. The zero-order valence-corrected chi connectivity index (χ0v) is 13.3.